The number of anilines is 1. The Morgan fingerprint density at radius 1 is 1.10 bits per heavy atom. The molecular formula is C23H22FN5O. The molecule has 0 atom stereocenters. The van der Waals surface area contributed by atoms with E-state index in [9.17, 15) is 9.18 Å². The van der Waals surface area contributed by atoms with Crippen LogP contribution in [0.4, 0.5) is 10.1 Å². The molecule has 4 aromatic rings. The van der Waals surface area contributed by atoms with Crippen molar-refractivity contribution in [3.8, 4) is 11.4 Å². The molecule has 0 saturated carbocycles. The molecule has 0 unspecified atom stereocenters. The standard InChI is InChI=1S/C23H22FN5O/c1-14-6-7-15-12-20(25-18(15)11-14)23(30)26-19-13-16(8-9-17(19)24)22-28-27-21-5-3-2-4-10-29(21)22/h6-9,11-13,25H,2-5,10H2,1H3,(H,26,30). The number of hydrogen-bond donors (Lipinski definition) is 2. The van der Waals surface area contributed by atoms with Gasteiger partial charge >= 0.3 is 0 Å². The zero-order chi connectivity index (χ0) is 20.7. The second kappa shape index (κ2) is 7.40. The van der Waals surface area contributed by atoms with E-state index in [1.807, 2.05) is 25.1 Å². The van der Waals surface area contributed by atoms with Gasteiger partial charge in [0.15, 0.2) is 5.82 Å². The first kappa shape index (κ1) is 18.5. The van der Waals surface area contributed by atoms with Gasteiger partial charge in [-0.05, 0) is 55.7 Å². The van der Waals surface area contributed by atoms with Crippen LogP contribution in [0, 0.1) is 12.7 Å². The van der Waals surface area contributed by atoms with Crippen molar-refractivity contribution in [2.24, 2.45) is 0 Å². The first-order valence-corrected chi connectivity index (χ1v) is 10.2. The largest absolute Gasteiger partial charge is 0.351 e. The van der Waals surface area contributed by atoms with Gasteiger partial charge in [0, 0.05) is 29.4 Å². The van der Waals surface area contributed by atoms with Crippen molar-refractivity contribution in [1.29, 1.82) is 0 Å². The lowest BCUT2D eigenvalue weighted by Crippen LogP contribution is -2.13. The van der Waals surface area contributed by atoms with E-state index in [0.717, 1.165) is 60.1 Å². The number of aryl methyl sites for hydroxylation is 2. The first-order chi connectivity index (χ1) is 14.6. The van der Waals surface area contributed by atoms with Crippen molar-refractivity contribution in [2.45, 2.75) is 39.2 Å². The zero-order valence-corrected chi connectivity index (χ0v) is 16.7. The number of amides is 1. The van der Waals surface area contributed by atoms with E-state index in [1.165, 1.54) is 6.07 Å². The number of nitrogens with zero attached hydrogens (tertiary/aromatic N) is 3. The molecule has 0 fully saturated rings. The summed E-state index contributed by atoms with van der Waals surface area (Å²) in [4.78, 5) is 15.9. The molecule has 2 N–H and O–H groups in total. The maximum Gasteiger partial charge on any atom is 0.272 e. The average Bonchev–Trinajstić information content (AvgIpc) is 3.26. The van der Waals surface area contributed by atoms with Crippen LogP contribution in [0.1, 0.15) is 41.1 Å². The van der Waals surface area contributed by atoms with Crippen molar-refractivity contribution in [3.63, 3.8) is 0 Å². The summed E-state index contributed by atoms with van der Waals surface area (Å²) in [6.07, 6.45) is 4.24. The average molecular weight is 403 g/mol. The van der Waals surface area contributed by atoms with Gasteiger partial charge in [-0.2, -0.15) is 0 Å². The van der Waals surface area contributed by atoms with E-state index in [1.54, 1.807) is 18.2 Å². The first-order valence-electron chi connectivity index (χ1n) is 10.2. The van der Waals surface area contributed by atoms with Gasteiger partial charge in [0.2, 0.25) is 0 Å². The van der Waals surface area contributed by atoms with Crippen LogP contribution in [0.25, 0.3) is 22.3 Å². The summed E-state index contributed by atoms with van der Waals surface area (Å²) in [6.45, 7) is 2.84. The lowest BCUT2D eigenvalue weighted by Gasteiger charge is -2.10. The number of benzene rings is 2. The predicted octanol–water partition coefficient (Wildman–Crippen LogP) is 4.85. The van der Waals surface area contributed by atoms with Crippen LogP contribution in [0.15, 0.2) is 42.5 Å². The van der Waals surface area contributed by atoms with Crippen LogP contribution in [0.5, 0.6) is 0 Å². The van der Waals surface area contributed by atoms with Gasteiger partial charge in [-0.15, -0.1) is 10.2 Å². The van der Waals surface area contributed by atoms with Gasteiger partial charge in [-0.25, -0.2) is 4.39 Å². The molecular weight excluding hydrogens is 381 g/mol. The Kier molecular flexibility index (Phi) is 4.58. The number of nitrogens with one attached hydrogen (secondary N) is 2. The summed E-state index contributed by atoms with van der Waals surface area (Å²) in [5.41, 5.74) is 3.22. The Morgan fingerprint density at radius 2 is 2.00 bits per heavy atom. The lowest BCUT2D eigenvalue weighted by molar-refractivity contribution is 0.102. The third kappa shape index (κ3) is 3.36. The van der Waals surface area contributed by atoms with Crippen molar-refractivity contribution in [3.05, 3.63) is 65.4 Å². The summed E-state index contributed by atoms with van der Waals surface area (Å²) in [5, 5.41) is 12.3. The molecule has 1 aliphatic rings. The summed E-state index contributed by atoms with van der Waals surface area (Å²) >= 11 is 0. The number of fused-ring (bicyclic) bond motifs is 2. The highest BCUT2D eigenvalue weighted by atomic mass is 19.1. The van der Waals surface area contributed by atoms with Gasteiger partial charge in [0.25, 0.3) is 5.91 Å². The van der Waals surface area contributed by atoms with Crippen molar-refractivity contribution in [2.75, 3.05) is 5.32 Å². The normalized spacial score (nSPS) is 13.8. The smallest absolute Gasteiger partial charge is 0.272 e. The lowest BCUT2D eigenvalue weighted by atomic mass is 10.1. The fourth-order valence-electron chi connectivity index (χ4n) is 4.01. The molecule has 2 aromatic heterocycles. The van der Waals surface area contributed by atoms with E-state index in [4.69, 9.17) is 0 Å². The van der Waals surface area contributed by atoms with Gasteiger partial charge in [0.1, 0.15) is 17.3 Å². The highest BCUT2D eigenvalue weighted by Gasteiger charge is 2.18. The number of aromatic nitrogens is 4. The minimum Gasteiger partial charge on any atom is -0.351 e. The molecule has 7 heteroatoms. The molecule has 5 rings (SSSR count). The monoisotopic (exact) mass is 403 g/mol. The van der Waals surface area contributed by atoms with Crippen LogP contribution in [0.2, 0.25) is 0 Å². The zero-order valence-electron chi connectivity index (χ0n) is 16.7. The summed E-state index contributed by atoms with van der Waals surface area (Å²) in [6, 6.07) is 12.4. The van der Waals surface area contributed by atoms with Crippen LogP contribution in [-0.2, 0) is 13.0 Å². The fraction of sp³-hybridized carbons (Fsp3) is 0.261. The topological polar surface area (TPSA) is 75.6 Å². The summed E-state index contributed by atoms with van der Waals surface area (Å²) < 4.78 is 16.6. The quantitative estimate of drug-likeness (QED) is 0.513. The number of aromatic amines is 1. The maximum atomic E-state index is 14.5. The minimum atomic E-state index is -0.491. The summed E-state index contributed by atoms with van der Waals surface area (Å²) in [5.74, 6) is 0.795. The Bertz CT molecular complexity index is 1260. The van der Waals surface area contributed by atoms with Gasteiger partial charge < -0.3 is 14.9 Å². The van der Waals surface area contributed by atoms with Crippen molar-refractivity contribution in [1.82, 2.24) is 19.7 Å². The second-order valence-electron chi connectivity index (χ2n) is 7.82. The molecule has 0 spiro atoms. The van der Waals surface area contributed by atoms with Gasteiger partial charge in [-0.3, -0.25) is 4.79 Å². The number of H-pyrrole nitrogens is 1. The Labute approximate surface area is 173 Å². The molecule has 1 amide bonds. The molecule has 0 saturated heterocycles. The van der Waals surface area contributed by atoms with Crippen LogP contribution >= 0.6 is 0 Å². The number of hydrogen-bond acceptors (Lipinski definition) is 3. The predicted molar refractivity (Wildman–Crippen MR) is 114 cm³/mol. The van der Waals surface area contributed by atoms with E-state index >= 15 is 0 Å². The molecule has 1 aliphatic heterocycles. The second-order valence-corrected chi connectivity index (χ2v) is 7.82. The molecule has 0 radical (unpaired) electrons. The Hall–Kier alpha value is -3.48. The molecule has 6 nitrogen and oxygen atoms in total. The number of halogens is 1. The minimum absolute atomic E-state index is 0.123. The Balaban J connectivity index is 1.45. The van der Waals surface area contributed by atoms with E-state index in [0.29, 0.717) is 11.5 Å². The molecule has 2 aromatic carbocycles. The highest BCUT2D eigenvalue weighted by molar-refractivity contribution is 6.06. The van der Waals surface area contributed by atoms with E-state index in [2.05, 4.69) is 25.1 Å². The molecule has 30 heavy (non-hydrogen) atoms. The fourth-order valence-corrected chi connectivity index (χ4v) is 4.01. The molecule has 3 heterocycles. The highest BCUT2D eigenvalue weighted by Crippen LogP contribution is 2.27. The van der Waals surface area contributed by atoms with Gasteiger partial charge in [-0.1, -0.05) is 18.6 Å². The van der Waals surface area contributed by atoms with E-state index in [-0.39, 0.29) is 11.6 Å². The molecule has 0 bridgehead atoms. The van der Waals surface area contributed by atoms with Crippen LogP contribution in [0.3, 0.4) is 0 Å². The number of carbonyl (C=O) groups is 1. The van der Waals surface area contributed by atoms with Crippen molar-refractivity contribution >= 4 is 22.5 Å². The van der Waals surface area contributed by atoms with Crippen LogP contribution in [-0.4, -0.2) is 25.7 Å². The Morgan fingerprint density at radius 3 is 2.90 bits per heavy atom. The SMILES string of the molecule is Cc1ccc2cc(C(=O)Nc3cc(-c4nnc5n4CCCCC5)ccc3F)[nH]c2c1. The third-order valence-electron chi connectivity index (χ3n) is 5.60. The third-order valence-corrected chi connectivity index (χ3v) is 5.60. The number of rotatable bonds is 3. The molecule has 0 aliphatic carbocycles. The maximum absolute atomic E-state index is 14.5. The van der Waals surface area contributed by atoms with Crippen molar-refractivity contribution < 1.29 is 9.18 Å². The summed E-state index contributed by atoms with van der Waals surface area (Å²) in [7, 11) is 0. The molecule has 152 valence electrons. The van der Waals surface area contributed by atoms with E-state index < -0.39 is 5.82 Å². The van der Waals surface area contributed by atoms with Crippen LogP contribution < -0.4 is 5.32 Å². The van der Waals surface area contributed by atoms with Gasteiger partial charge in [0.05, 0.1) is 5.69 Å². The number of carbonyl (C=O) groups excluding carboxylic acids is 1.